The van der Waals surface area contributed by atoms with Gasteiger partial charge in [-0.15, -0.1) is 0 Å². The second-order valence-electron chi connectivity index (χ2n) is 8.54. The van der Waals surface area contributed by atoms with Crippen LogP contribution in [0.5, 0.6) is 0 Å². The fraction of sp³-hybridized carbons (Fsp3) is 0.810. The smallest absolute Gasteiger partial charge is 0.194 e. The number of guanidine groups is 1. The van der Waals surface area contributed by atoms with Gasteiger partial charge in [0.15, 0.2) is 5.96 Å². The average Bonchev–Trinajstić information content (AvgIpc) is 3.35. The van der Waals surface area contributed by atoms with E-state index in [9.17, 15) is 0 Å². The molecule has 0 radical (unpaired) electrons. The molecule has 4 rings (SSSR count). The first-order valence-electron chi connectivity index (χ1n) is 10.9. The molecule has 1 aromatic heterocycles. The summed E-state index contributed by atoms with van der Waals surface area (Å²) in [5.41, 5.74) is 1.04. The van der Waals surface area contributed by atoms with Crippen LogP contribution in [0.1, 0.15) is 56.9 Å². The zero-order valence-corrected chi connectivity index (χ0v) is 17.0. The molecule has 6 nitrogen and oxygen atoms in total. The highest BCUT2D eigenvalue weighted by atomic mass is 16.5. The molecule has 0 amide bonds. The van der Waals surface area contributed by atoms with E-state index in [0.29, 0.717) is 6.04 Å². The largest absolute Gasteiger partial charge is 0.361 e. The number of rotatable bonds is 5. The van der Waals surface area contributed by atoms with Crippen LogP contribution >= 0.6 is 0 Å². The lowest BCUT2D eigenvalue weighted by Gasteiger charge is -2.36. The first-order chi connectivity index (χ1) is 13.2. The van der Waals surface area contributed by atoms with E-state index >= 15 is 0 Å². The van der Waals surface area contributed by atoms with Gasteiger partial charge in [-0.2, -0.15) is 0 Å². The Hall–Kier alpha value is -1.56. The summed E-state index contributed by atoms with van der Waals surface area (Å²) in [6, 6.07) is 2.70. The van der Waals surface area contributed by atoms with Gasteiger partial charge in [-0.05, 0) is 32.1 Å². The third-order valence-electron chi connectivity index (χ3n) is 6.45. The molecule has 2 saturated carbocycles. The van der Waals surface area contributed by atoms with Crippen LogP contribution in [0, 0.1) is 18.8 Å². The van der Waals surface area contributed by atoms with Crippen molar-refractivity contribution in [1.82, 2.24) is 20.3 Å². The highest BCUT2D eigenvalue weighted by Crippen LogP contribution is 2.44. The van der Waals surface area contributed by atoms with E-state index in [4.69, 9.17) is 9.52 Å². The highest BCUT2D eigenvalue weighted by Gasteiger charge is 2.43. The summed E-state index contributed by atoms with van der Waals surface area (Å²) < 4.78 is 5.19. The molecule has 27 heavy (non-hydrogen) atoms. The molecule has 1 saturated heterocycles. The van der Waals surface area contributed by atoms with Crippen LogP contribution in [-0.2, 0) is 6.54 Å². The maximum Gasteiger partial charge on any atom is 0.194 e. The van der Waals surface area contributed by atoms with E-state index in [2.05, 4.69) is 27.2 Å². The molecule has 2 atom stereocenters. The number of nitrogens with zero attached hydrogens (tertiary/aromatic N) is 4. The predicted octanol–water partition coefficient (Wildman–Crippen LogP) is 3.03. The van der Waals surface area contributed by atoms with Crippen LogP contribution in [0.4, 0.5) is 0 Å². The second-order valence-corrected chi connectivity index (χ2v) is 8.54. The van der Waals surface area contributed by atoms with Crippen LogP contribution in [-0.4, -0.2) is 59.7 Å². The van der Waals surface area contributed by atoms with Crippen molar-refractivity contribution in [1.29, 1.82) is 0 Å². The molecule has 3 aliphatic rings. The molecule has 2 unspecified atom stereocenters. The van der Waals surface area contributed by atoms with Crippen molar-refractivity contribution in [3.63, 3.8) is 0 Å². The molecule has 2 aliphatic carbocycles. The second kappa shape index (κ2) is 8.63. The first kappa shape index (κ1) is 18.8. The quantitative estimate of drug-likeness (QED) is 0.635. The Kier molecular flexibility index (Phi) is 6.01. The zero-order valence-electron chi connectivity index (χ0n) is 17.0. The van der Waals surface area contributed by atoms with Crippen LogP contribution < -0.4 is 5.32 Å². The van der Waals surface area contributed by atoms with Gasteiger partial charge in [-0.3, -0.25) is 9.89 Å². The van der Waals surface area contributed by atoms with E-state index in [0.717, 1.165) is 68.5 Å². The van der Waals surface area contributed by atoms with Crippen LogP contribution in [0.3, 0.4) is 0 Å². The lowest BCUT2D eigenvalue weighted by molar-refractivity contribution is 0.168. The zero-order chi connectivity index (χ0) is 18.6. The summed E-state index contributed by atoms with van der Waals surface area (Å²) in [6.45, 7) is 9.97. The monoisotopic (exact) mass is 373 g/mol. The third-order valence-corrected chi connectivity index (χ3v) is 6.45. The van der Waals surface area contributed by atoms with E-state index in [1.54, 1.807) is 0 Å². The molecule has 0 spiro atoms. The number of hydrogen-bond donors (Lipinski definition) is 1. The van der Waals surface area contributed by atoms with Gasteiger partial charge in [0, 0.05) is 51.4 Å². The molecule has 1 aromatic rings. The van der Waals surface area contributed by atoms with E-state index in [-0.39, 0.29) is 0 Å². The molecule has 3 fully saturated rings. The van der Waals surface area contributed by atoms with Crippen molar-refractivity contribution in [2.75, 3.05) is 32.7 Å². The summed E-state index contributed by atoms with van der Waals surface area (Å²) in [4.78, 5) is 9.71. The maximum atomic E-state index is 5.19. The van der Waals surface area contributed by atoms with Gasteiger partial charge in [0.25, 0.3) is 0 Å². The Morgan fingerprint density at radius 1 is 1.22 bits per heavy atom. The van der Waals surface area contributed by atoms with E-state index < -0.39 is 0 Å². The Bertz CT molecular complexity index is 628. The van der Waals surface area contributed by atoms with Crippen LogP contribution in [0.15, 0.2) is 15.6 Å². The van der Waals surface area contributed by atoms with Crippen molar-refractivity contribution >= 4 is 5.96 Å². The molecular formula is C21H35N5O. The van der Waals surface area contributed by atoms with Crippen molar-refractivity contribution in [3.8, 4) is 0 Å². The average molecular weight is 374 g/mol. The number of nitrogens with one attached hydrogen (secondary N) is 1. The summed E-state index contributed by atoms with van der Waals surface area (Å²) in [5, 5.41) is 7.93. The van der Waals surface area contributed by atoms with E-state index in [1.807, 2.05) is 13.0 Å². The Balaban J connectivity index is 1.26. The van der Waals surface area contributed by atoms with Gasteiger partial charge < -0.3 is 14.7 Å². The molecule has 1 N–H and O–H groups in total. The van der Waals surface area contributed by atoms with Crippen LogP contribution in [0.2, 0.25) is 0 Å². The van der Waals surface area contributed by atoms with Gasteiger partial charge in [0.05, 0.1) is 5.69 Å². The number of aryl methyl sites for hydroxylation is 1. The summed E-state index contributed by atoms with van der Waals surface area (Å²) >= 11 is 0. The van der Waals surface area contributed by atoms with Gasteiger partial charge in [0.1, 0.15) is 5.76 Å². The first-order valence-corrected chi connectivity index (χ1v) is 10.9. The third kappa shape index (κ3) is 4.84. The fourth-order valence-corrected chi connectivity index (χ4v) is 4.86. The van der Waals surface area contributed by atoms with Gasteiger partial charge in [0.2, 0.25) is 0 Å². The summed E-state index contributed by atoms with van der Waals surface area (Å²) in [7, 11) is 0. The number of piperazine rings is 1. The highest BCUT2D eigenvalue weighted by molar-refractivity contribution is 5.80. The minimum atomic E-state index is 0.662. The minimum Gasteiger partial charge on any atom is -0.361 e. The molecule has 150 valence electrons. The maximum absolute atomic E-state index is 5.19. The number of aromatic nitrogens is 1. The standard InChI is InChI=1S/C21H35N5O/c1-3-22-21(23-20-14-19(20)17-7-5-4-6-8-17)26-11-9-25(10-12-26)15-18-13-16(2)27-24-18/h13,17,19-20H,3-12,14-15H2,1-2H3,(H,22,23). The SMILES string of the molecule is CCN=C(NC1CC1C1CCCCC1)N1CCN(Cc2cc(C)on2)CC1. The Labute approximate surface area is 163 Å². The minimum absolute atomic E-state index is 0.662. The normalized spacial score (nSPS) is 27.8. The van der Waals surface area contributed by atoms with Crippen LogP contribution in [0.25, 0.3) is 0 Å². The van der Waals surface area contributed by atoms with Crippen molar-refractivity contribution in [2.45, 2.75) is 65.0 Å². The topological polar surface area (TPSA) is 56.9 Å². The molecule has 2 heterocycles. The van der Waals surface area contributed by atoms with Crippen molar-refractivity contribution in [3.05, 3.63) is 17.5 Å². The molecule has 6 heteroatoms. The van der Waals surface area contributed by atoms with Gasteiger partial charge >= 0.3 is 0 Å². The number of hydrogen-bond acceptors (Lipinski definition) is 4. The Morgan fingerprint density at radius 2 is 2.00 bits per heavy atom. The lowest BCUT2D eigenvalue weighted by atomic mass is 9.85. The molecule has 1 aliphatic heterocycles. The van der Waals surface area contributed by atoms with Gasteiger partial charge in [-0.1, -0.05) is 37.3 Å². The lowest BCUT2D eigenvalue weighted by Crippen LogP contribution is -2.52. The summed E-state index contributed by atoms with van der Waals surface area (Å²) in [6.07, 6.45) is 8.57. The van der Waals surface area contributed by atoms with Gasteiger partial charge in [-0.25, -0.2) is 0 Å². The van der Waals surface area contributed by atoms with Crippen molar-refractivity contribution in [2.24, 2.45) is 16.8 Å². The van der Waals surface area contributed by atoms with E-state index in [1.165, 1.54) is 38.5 Å². The molecule has 0 bridgehead atoms. The predicted molar refractivity (Wildman–Crippen MR) is 108 cm³/mol. The fourth-order valence-electron chi connectivity index (χ4n) is 4.86. The number of aliphatic imine (C=N–C) groups is 1. The molecular weight excluding hydrogens is 338 g/mol. The van der Waals surface area contributed by atoms with Crippen molar-refractivity contribution < 1.29 is 4.52 Å². The Morgan fingerprint density at radius 3 is 2.67 bits per heavy atom. The summed E-state index contributed by atoms with van der Waals surface area (Å²) in [5.74, 6) is 3.88. The molecule has 0 aromatic carbocycles.